The average Bonchev–Trinajstić information content (AvgIpc) is 3.07. The molecule has 2 aromatic rings. The van der Waals surface area contributed by atoms with Crippen LogP contribution in [0.2, 0.25) is 0 Å². The molecule has 1 aromatic heterocycles. The molecule has 5 rings (SSSR count). The highest BCUT2D eigenvalue weighted by Gasteiger charge is 2.41. The van der Waals surface area contributed by atoms with Crippen LogP contribution in [0.5, 0.6) is 0 Å². The van der Waals surface area contributed by atoms with Crippen molar-refractivity contribution in [3.8, 4) is 11.3 Å². The van der Waals surface area contributed by atoms with Gasteiger partial charge in [0.25, 0.3) is 0 Å². The number of aromatic nitrogens is 3. The highest BCUT2D eigenvalue weighted by Crippen LogP contribution is 2.38. The summed E-state index contributed by atoms with van der Waals surface area (Å²) < 4.78 is 2.13. The van der Waals surface area contributed by atoms with Gasteiger partial charge >= 0.3 is 0 Å². The summed E-state index contributed by atoms with van der Waals surface area (Å²) >= 11 is 6.04. The van der Waals surface area contributed by atoms with Gasteiger partial charge in [-0.2, -0.15) is 0 Å². The van der Waals surface area contributed by atoms with Crippen LogP contribution in [0.3, 0.4) is 0 Å². The number of benzene rings is 1. The fourth-order valence-corrected chi connectivity index (χ4v) is 3.89. The molecule has 3 aliphatic rings. The highest BCUT2D eigenvalue weighted by molar-refractivity contribution is 6.17. The zero-order chi connectivity index (χ0) is 14.3. The molecular weight excluding hydrogens is 284 g/mol. The molecular formula is C16H19ClN4. The third-order valence-corrected chi connectivity index (χ3v) is 5.38. The van der Waals surface area contributed by atoms with E-state index in [1.165, 1.54) is 38.9 Å². The first kappa shape index (κ1) is 13.3. The van der Waals surface area contributed by atoms with Crippen molar-refractivity contribution in [1.82, 2.24) is 19.9 Å². The maximum absolute atomic E-state index is 6.04. The van der Waals surface area contributed by atoms with Crippen LogP contribution >= 0.6 is 11.6 Å². The Kier molecular flexibility index (Phi) is 3.23. The van der Waals surface area contributed by atoms with Gasteiger partial charge in [-0.15, -0.1) is 16.7 Å². The summed E-state index contributed by atoms with van der Waals surface area (Å²) in [6, 6.07) is 8.18. The van der Waals surface area contributed by atoms with Gasteiger partial charge in [-0.3, -0.25) is 0 Å². The van der Waals surface area contributed by atoms with Crippen LogP contribution < -0.4 is 0 Å². The molecule has 4 nitrogen and oxygen atoms in total. The average molecular weight is 303 g/mol. The van der Waals surface area contributed by atoms with E-state index in [-0.39, 0.29) is 5.54 Å². The molecule has 0 unspecified atom stereocenters. The van der Waals surface area contributed by atoms with Gasteiger partial charge in [-0.25, -0.2) is 4.68 Å². The second-order valence-electron chi connectivity index (χ2n) is 6.16. The first-order valence-corrected chi connectivity index (χ1v) is 8.14. The molecule has 0 amide bonds. The fraction of sp³-hybridized carbons (Fsp3) is 0.500. The van der Waals surface area contributed by atoms with Crippen molar-refractivity contribution in [2.45, 2.75) is 30.7 Å². The number of hydrogen-bond donors (Lipinski definition) is 0. The minimum Gasteiger partial charge on any atom is -0.303 e. The van der Waals surface area contributed by atoms with E-state index in [0.29, 0.717) is 5.88 Å². The van der Waals surface area contributed by atoms with E-state index >= 15 is 0 Å². The van der Waals surface area contributed by atoms with Gasteiger partial charge in [-0.05, 0) is 24.8 Å². The number of piperidine rings is 3. The van der Waals surface area contributed by atoms with Gasteiger partial charge in [0.1, 0.15) is 5.69 Å². The lowest BCUT2D eigenvalue weighted by atomic mass is 9.80. The van der Waals surface area contributed by atoms with Gasteiger partial charge in [0.05, 0.1) is 11.7 Å². The first-order chi connectivity index (χ1) is 10.3. The Balaban J connectivity index is 1.70. The summed E-state index contributed by atoms with van der Waals surface area (Å²) in [5.74, 6) is 0.503. The van der Waals surface area contributed by atoms with E-state index in [1.807, 2.05) is 12.1 Å². The Morgan fingerprint density at radius 2 is 1.81 bits per heavy atom. The van der Waals surface area contributed by atoms with Crippen molar-refractivity contribution in [3.05, 3.63) is 36.0 Å². The lowest BCUT2D eigenvalue weighted by Gasteiger charge is -2.48. The lowest BCUT2D eigenvalue weighted by molar-refractivity contribution is 0.0252. The molecule has 3 aliphatic heterocycles. The van der Waals surface area contributed by atoms with Crippen molar-refractivity contribution in [2.24, 2.45) is 0 Å². The summed E-state index contributed by atoms with van der Waals surface area (Å²) in [5, 5.41) is 8.89. The number of halogens is 1. The van der Waals surface area contributed by atoms with E-state index in [0.717, 1.165) is 16.8 Å². The summed E-state index contributed by atoms with van der Waals surface area (Å²) in [4.78, 5) is 2.54. The van der Waals surface area contributed by atoms with E-state index < -0.39 is 0 Å². The second-order valence-corrected chi connectivity index (χ2v) is 6.42. The number of alkyl halides is 1. The molecule has 1 aromatic carbocycles. The minimum atomic E-state index is 0.190. The topological polar surface area (TPSA) is 34.0 Å². The SMILES string of the molecule is ClCc1ccccc1-c1cn(C23CCN(CC2)CC3)nn1. The summed E-state index contributed by atoms with van der Waals surface area (Å²) in [6.45, 7) is 3.56. The molecule has 0 radical (unpaired) electrons. The van der Waals surface area contributed by atoms with Gasteiger partial charge < -0.3 is 4.90 Å². The predicted molar refractivity (Wildman–Crippen MR) is 83.3 cm³/mol. The molecule has 3 saturated heterocycles. The molecule has 0 saturated carbocycles. The van der Waals surface area contributed by atoms with Crippen LogP contribution in [0.15, 0.2) is 30.5 Å². The van der Waals surface area contributed by atoms with Crippen molar-refractivity contribution in [2.75, 3.05) is 19.6 Å². The Morgan fingerprint density at radius 1 is 1.10 bits per heavy atom. The number of nitrogens with zero attached hydrogens (tertiary/aromatic N) is 4. The molecule has 110 valence electrons. The molecule has 0 N–H and O–H groups in total. The van der Waals surface area contributed by atoms with E-state index in [4.69, 9.17) is 11.6 Å². The van der Waals surface area contributed by atoms with Gasteiger partial charge in [0, 0.05) is 31.1 Å². The van der Waals surface area contributed by atoms with Crippen molar-refractivity contribution < 1.29 is 0 Å². The normalized spacial score (nSPS) is 28.0. The molecule has 5 heteroatoms. The Hall–Kier alpha value is -1.39. The fourth-order valence-electron chi connectivity index (χ4n) is 3.66. The molecule has 3 fully saturated rings. The summed E-state index contributed by atoms with van der Waals surface area (Å²) in [5.41, 5.74) is 3.34. The standard InChI is InChI=1S/C16H19ClN4/c17-11-13-3-1-2-4-14(13)15-12-21(19-18-15)16-5-8-20(9-6-16)10-7-16/h1-4,12H,5-11H2. The van der Waals surface area contributed by atoms with Gasteiger partial charge in [-0.1, -0.05) is 29.5 Å². The zero-order valence-electron chi connectivity index (χ0n) is 12.0. The Bertz CT molecular complexity index is 629. The van der Waals surface area contributed by atoms with Crippen LogP contribution in [-0.2, 0) is 11.4 Å². The smallest absolute Gasteiger partial charge is 0.113 e. The minimum absolute atomic E-state index is 0.190. The first-order valence-electron chi connectivity index (χ1n) is 7.60. The number of hydrogen-bond acceptors (Lipinski definition) is 3. The Labute approximate surface area is 129 Å². The van der Waals surface area contributed by atoms with Crippen LogP contribution in [0.25, 0.3) is 11.3 Å². The van der Waals surface area contributed by atoms with Gasteiger partial charge in [0.2, 0.25) is 0 Å². The maximum Gasteiger partial charge on any atom is 0.113 e. The van der Waals surface area contributed by atoms with Crippen molar-refractivity contribution in [3.63, 3.8) is 0 Å². The molecule has 2 bridgehead atoms. The van der Waals surface area contributed by atoms with E-state index in [2.05, 4.69) is 38.2 Å². The second kappa shape index (κ2) is 5.11. The quantitative estimate of drug-likeness (QED) is 0.818. The van der Waals surface area contributed by atoms with E-state index in [9.17, 15) is 0 Å². The zero-order valence-corrected chi connectivity index (χ0v) is 12.8. The third-order valence-electron chi connectivity index (χ3n) is 5.10. The van der Waals surface area contributed by atoms with Crippen LogP contribution in [0, 0.1) is 0 Å². The molecule has 21 heavy (non-hydrogen) atoms. The number of fused-ring (bicyclic) bond motifs is 3. The molecule has 4 heterocycles. The largest absolute Gasteiger partial charge is 0.303 e. The summed E-state index contributed by atoms with van der Waals surface area (Å²) in [7, 11) is 0. The summed E-state index contributed by atoms with van der Waals surface area (Å²) in [6.07, 6.45) is 5.68. The molecule has 0 aliphatic carbocycles. The van der Waals surface area contributed by atoms with Crippen LogP contribution in [-0.4, -0.2) is 39.5 Å². The van der Waals surface area contributed by atoms with Crippen molar-refractivity contribution >= 4 is 11.6 Å². The molecule has 0 atom stereocenters. The Morgan fingerprint density at radius 3 is 2.52 bits per heavy atom. The van der Waals surface area contributed by atoms with E-state index in [1.54, 1.807) is 0 Å². The van der Waals surface area contributed by atoms with Gasteiger partial charge in [0.15, 0.2) is 0 Å². The lowest BCUT2D eigenvalue weighted by Crippen LogP contribution is -2.53. The van der Waals surface area contributed by atoms with Crippen molar-refractivity contribution in [1.29, 1.82) is 0 Å². The van der Waals surface area contributed by atoms with Crippen LogP contribution in [0.1, 0.15) is 24.8 Å². The number of rotatable bonds is 3. The van der Waals surface area contributed by atoms with Crippen LogP contribution in [0.4, 0.5) is 0 Å². The highest BCUT2D eigenvalue weighted by atomic mass is 35.5. The molecule has 0 spiro atoms. The predicted octanol–water partition coefficient (Wildman–Crippen LogP) is 2.88. The third kappa shape index (κ3) is 2.17. The monoisotopic (exact) mass is 302 g/mol. The maximum atomic E-state index is 6.04.